The highest BCUT2D eigenvalue weighted by Crippen LogP contribution is 2.13. The van der Waals surface area contributed by atoms with Gasteiger partial charge in [-0.25, -0.2) is 4.79 Å². The van der Waals surface area contributed by atoms with Crippen LogP contribution < -0.4 is 5.32 Å². The lowest BCUT2D eigenvalue weighted by atomic mass is 10.1. The molecule has 0 spiro atoms. The van der Waals surface area contributed by atoms with Gasteiger partial charge in [0.2, 0.25) is 0 Å². The molecular formula is C14H26N2O4. The molecule has 6 heteroatoms. The van der Waals surface area contributed by atoms with Crippen LogP contribution in [0, 0.1) is 0 Å². The maximum absolute atomic E-state index is 12.0. The van der Waals surface area contributed by atoms with Crippen molar-refractivity contribution < 1.29 is 19.4 Å². The highest BCUT2D eigenvalue weighted by Gasteiger charge is 2.26. The number of carbonyl (C=O) groups is 2. The number of nitrogens with one attached hydrogen (secondary N) is 1. The molecule has 2 amide bonds. The first-order valence-electron chi connectivity index (χ1n) is 6.64. The number of urea groups is 1. The minimum absolute atomic E-state index is 0.0726. The van der Waals surface area contributed by atoms with E-state index in [0.29, 0.717) is 19.8 Å². The van der Waals surface area contributed by atoms with E-state index in [0.717, 1.165) is 5.57 Å². The standard InChI is InChI=1S/C14H26N2O4/c1-11(2)10-20-9-7-15-13(19)16(14(3,4)5)8-6-12(17)18/h1,6-10H2,2-5H3,(H,15,19)(H,17,18). The van der Waals surface area contributed by atoms with E-state index in [1.165, 1.54) is 4.90 Å². The summed E-state index contributed by atoms with van der Waals surface area (Å²) < 4.78 is 5.28. The van der Waals surface area contributed by atoms with E-state index in [9.17, 15) is 9.59 Å². The zero-order valence-corrected chi connectivity index (χ0v) is 12.9. The fraction of sp³-hybridized carbons (Fsp3) is 0.714. The maximum atomic E-state index is 12.0. The van der Waals surface area contributed by atoms with Gasteiger partial charge in [-0.3, -0.25) is 4.79 Å². The van der Waals surface area contributed by atoms with Crippen LogP contribution in [0.4, 0.5) is 4.79 Å². The molecule has 116 valence electrons. The second-order valence-electron chi connectivity index (χ2n) is 5.71. The smallest absolute Gasteiger partial charge is 0.317 e. The van der Waals surface area contributed by atoms with Gasteiger partial charge in [-0.1, -0.05) is 12.2 Å². The second kappa shape index (κ2) is 8.58. The largest absolute Gasteiger partial charge is 0.481 e. The van der Waals surface area contributed by atoms with Crippen LogP contribution >= 0.6 is 0 Å². The van der Waals surface area contributed by atoms with Crippen LogP contribution in [0.25, 0.3) is 0 Å². The number of carbonyl (C=O) groups excluding carboxylic acids is 1. The summed E-state index contributed by atoms with van der Waals surface area (Å²) in [5.74, 6) is -0.920. The van der Waals surface area contributed by atoms with Crippen LogP contribution in [-0.2, 0) is 9.53 Å². The van der Waals surface area contributed by atoms with Crippen molar-refractivity contribution in [2.75, 3.05) is 26.3 Å². The van der Waals surface area contributed by atoms with Crippen LogP contribution in [0.5, 0.6) is 0 Å². The van der Waals surface area contributed by atoms with Gasteiger partial charge in [0.25, 0.3) is 0 Å². The Labute approximate surface area is 120 Å². The molecule has 0 heterocycles. The fourth-order valence-electron chi connectivity index (χ4n) is 1.52. The number of amides is 2. The number of rotatable bonds is 8. The van der Waals surface area contributed by atoms with Crippen molar-refractivity contribution in [3.05, 3.63) is 12.2 Å². The SMILES string of the molecule is C=C(C)COCCNC(=O)N(CCC(=O)O)C(C)(C)C. The van der Waals surface area contributed by atoms with Crippen LogP contribution in [0.2, 0.25) is 0 Å². The van der Waals surface area contributed by atoms with Crippen molar-refractivity contribution in [2.45, 2.75) is 39.7 Å². The van der Waals surface area contributed by atoms with Gasteiger partial charge in [-0.2, -0.15) is 0 Å². The van der Waals surface area contributed by atoms with E-state index in [-0.39, 0.29) is 19.0 Å². The molecule has 0 aliphatic rings. The van der Waals surface area contributed by atoms with Crippen molar-refractivity contribution in [1.82, 2.24) is 10.2 Å². The minimum atomic E-state index is -0.920. The van der Waals surface area contributed by atoms with Crippen molar-refractivity contribution in [3.63, 3.8) is 0 Å². The molecule has 6 nitrogen and oxygen atoms in total. The molecule has 0 fully saturated rings. The Kier molecular flexibility index (Phi) is 7.91. The lowest BCUT2D eigenvalue weighted by Crippen LogP contribution is -2.51. The summed E-state index contributed by atoms with van der Waals surface area (Å²) in [7, 11) is 0. The summed E-state index contributed by atoms with van der Waals surface area (Å²) in [4.78, 5) is 24.2. The average molecular weight is 286 g/mol. The lowest BCUT2D eigenvalue weighted by molar-refractivity contribution is -0.137. The fourth-order valence-corrected chi connectivity index (χ4v) is 1.52. The van der Waals surface area contributed by atoms with Gasteiger partial charge in [0.15, 0.2) is 0 Å². The van der Waals surface area contributed by atoms with Gasteiger partial charge in [0.1, 0.15) is 0 Å². The molecule has 0 saturated heterocycles. The Bertz CT molecular complexity index is 348. The normalized spacial score (nSPS) is 11.0. The number of carboxylic acid groups (broad SMARTS) is 1. The number of aliphatic carboxylic acids is 1. The van der Waals surface area contributed by atoms with Crippen molar-refractivity contribution in [3.8, 4) is 0 Å². The van der Waals surface area contributed by atoms with E-state index in [4.69, 9.17) is 9.84 Å². The van der Waals surface area contributed by atoms with E-state index >= 15 is 0 Å². The van der Waals surface area contributed by atoms with Gasteiger partial charge in [0.05, 0.1) is 19.6 Å². The van der Waals surface area contributed by atoms with E-state index in [2.05, 4.69) is 11.9 Å². The topological polar surface area (TPSA) is 78.9 Å². The third kappa shape index (κ3) is 8.53. The first kappa shape index (κ1) is 18.4. The van der Waals surface area contributed by atoms with Crippen LogP contribution in [0.3, 0.4) is 0 Å². The van der Waals surface area contributed by atoms with Crippen molar-refractivity contribution >= 4 is 12.0 Å². The minimum Gasteiger partial charge on any atom is -0.481 e. The Morgan fingerprint density at radius 2 is 1.95 bits per heavy atom. The van der Waals surface area contributed by atoms with Crippen molar-refractivity contribution in [2.24, 2.45) is 0 Å². The molecule has 0 aromatic heterocycles. The molecule has 2 N–H and O–H groups in total. The molecule has 0 radical (unpaired) electrons. The molecule has 0 saturated carbocycles. The Hall–Kier alpha value is -1.56. The predicted molar refractivity (Wildman–Crippen MR) is 77.7 cm³/mol. The van der Waals surface area contributed by atoms with Gasteiger partial charge in [0, 0.05) is 18.6 Å². The second-order valence-corrected chi connectivity index (χ2v) is 5.71. The first-order chi connectivity index (χ1) is 9.14. The van der Waals surface area contributed by atoms with Gasteiger partial charge < -0.3 is 20.1 Å². The zero-order chi connectivity index (χ0) is 15.8. The molecule has 0 aliphatic carbocycles. The molecule has 0 atom stereocenters. The highest BCUT2D eigenvalue weighted by molar-refractivity contribution is 5.76. The quantitative estimate of drug-likeness (QED) is 0.527. The van der Waals surface area contributed by atoms with Crippen LogP contribution in [0.1, 0.15) is 34.1 Å². The Morgan fingerprint density at radius 3 is 2.40 bits per heavy atom. The first-order valence-corrected chi connectivity index (χ1v) is 6.64. The lowest BCUT2D eigenvalue weighted by Gasteiger charge is -2.35. The van der Waals surface area contributed by atoms with Gasteiger partial charge >= 0.3 is 12.0 Å². The van der Waals surface area contributed by atoms with E-state index in [1.807, 2.05) is 27.7 Å². The molecule has 20 heavy (non-hydrogen) atoms. The molecule has 0 aromatic rings. The maximum Gasteiger partial charge on any atom is 0.317 e. The molecule has 0 rings (SSSR count). The summed E-state index contributed by atoms with van der Waals surface area (Å²) in [6.45, 7) is 12.6. The average Bonchev–Trinajstić information content (AvgIpc) is 2.25. The summed E-state index contributed by atoms with van der Waals surface area (Å²) >= 11 is 0. The van der Waals surface area contributed by atoms with Crippen LogP contribution in [-0.4, -0.2) is 53.8 Å². The number of nitrogens with zero attached hydrogens (tertiary/aromatic N) is 1. The third-order valence-corrected chi connectivity index (χ3v) is 2.48. The highest BCUT2D eigenvalue weighted by atomic mass is 16.5. The molecule has 0 bridgehead atoms. The number of hydrogen-bond acceptors (Lipinski definition) is 3. The molecular weight excluding hydrogens is 260 g/mol. The Morgan fingerprint density at radius 1 is 1.35 bits per heavy atom. The molecule has 0 aliphatic heterocycles. The van der Waals surface area contributed by atoms with E-state index in [1.54, 1.807) is 0 Å². The van der Waals surface area contributed by atoms with E-state index < -0.39 is 11.5 Å². The molecule has 0 unspecified atom stereocenters. The van der Waals surface area contributed by atoms with Gasteiger partial charge in [-0.05, 0) is 27.7 Å². The summed E-state index contributed by atoms with van der Waals surface area (Å²) in [5, 5.41) is 11.4. The third-order valence-electron chi connectivity index (χ3n) is 2.48. The Balaban J connectivity index is 4.21. The summed E-state index contributed by atoms with van der Waals surface area (Å²) in [6.07, 6.45) is -0.0726. The van der Waals surface area contributed by atoms with Crippen molar-refractivity contribution in [1.29, 1.82) is 0 Å². The number of carboxylic acids is 1. The van der Waals surface area contributed by atoms with Crippen LogP contribution in [0.15, 0.2) is 12.2 Å². The number of hydrogen-bond donors (Lipinski definition) is 2. The monoisotopic (exact) mass is 286 g/mol. The summed E-state index contributed by atoms with van der Waals surface area (Å²) in [6, 6.07) is -0.280. The van der Waals surface area contributed by atoms with Gasteiger partial charge in [-0.15, -0.1) is 0 Å². The molecule has 0 aromatic carbocycles. The summed E-state index contributed by atoms with van der Waals surface area (Å²) in [5.41, 5.74) is 0.493. The zero-order valence-electron chi connectivity index (χ0n) is 12.9. The number of ether oxygens (including phenoxy) is 1. The predicted octanol–water partition coefficient (Wildman–Crippen LogP) is 1.86.